The minimum atomic E-state index is -0.442. The number of hydrogen-bond donors (Lipinski definition) is 1. The molecule has 0 unspecified atom stereocenters. The Morgan fingerprint density at radius 3 is 2.42 bits per heavy atom. The van der Waals surface area contributed by atoms with E-state index in [9.17, 15) is 14.4 Å². The first kappa shape index (κ1) is 22.1. The molecule has 1 N–H and O–H groups in total. The highest BCUT2D eigenvalue weighted by atomic mass is 32.2. The summed E-state index contributed by atoms with van der Waals surface area (Å²) >= 11 is 1.10. The van der Waals surface area contributed by atoms with Crippen molar-refractivity contribution in [3.63, 3.8) is 0 Å². The summed E-state index contributed by atoms with van der Waals surface area (Å²) in [6, 6.07) is 18.8. The van der Waals surface area contributed by atoms with Gasteiger partial charge < -0.3 is 15.0 Å². The number of hydrogen-bond acceptors (Lipinski definition) is 6. The maximum atomic E-state index is 12.5. The van der Waals surface area contributed by atoms with Crippen molar-refractivity contribution in [2.45, 2.75) is 11.4 Å². The molecule has 0 radical (unpaired) electrons. The van der Waals surface area contributed by atoms with Crippen LogP contribution in [0.15, 0.2) is 76.4 Å². The van der Waals surface area contributed by atoms with Gasteiger partial charge in [0.1, 0.15) is 18.1 Å². The van der Waals surface area contributed by atoms with Gasteiger partial charge in [-0.25, -0.2) is 4.68 Å². The molecule has 0 aliphatic carbocycles. The van der Waals surface area contributed by atoms with E-state index < -0.39 is 5.91 Å². The standard InChI is InChI=1S/C22H22N4O4S/c1-25(2)22(29)31-18-10-8-16(9-11-18)23-21(28)19-12-13-20(27)26(24-19)14-15-30-17-6-4-3-5-7-17/h3-13H,14-15H2,1-2H3,(H,23,28). The largest absolute Gasteiger partial charge is 0.492 e. The number of thioether (sulfide) groups is 1. The molecule has 0 aliphatic rings. The number of benzene rings is 2. The van der Waals surface area contributed by atoms with Gasteiger partial charge in [-0.2, -0.15) is 5.10 Å². The Labute approximate surface area is 183 Å². The van der Waals surface area contributed by atoms with Crippen molar-refractivity contribution in [1.29, 1.82) is 0 Å². The van der Waals surface area contributed by atoms with E-state index in [-0.39, 0.29) is 29.6 Å². The smallest absolute Gasteiger partial charge is 0.285 e. The van der Waals surface area contributed by atoms with E-state index >= 15 is 0 Å². The van der Waals surface area contributed by atoms with Crippen molar-refractivity contribution in [1.82, 2.24) is 14.7 Å². The molecule has 0 saturated heterocycles. The Kier molecular flexibility index (Phi) is 7.45. The molecule has 2 aromatic carbocycles. The number of carbonyl (C=O) groups is 2. The van der Waals surface area contributed by atoms with Crippen LogP contribution in [0.1, 0.15) is 10.5 Å². The number of para-hydroxylation sites is 1. The second-order valence-corrected chi connectivity index (χ2v) is 7.71. The monoisotopic (exact) mass is 438 g/mol. The van der Waals surface area contributed by atoms with Gasteiger partial charge in [-0.15, -0.1) is 0 Å². The van der Waals surface area contributed by atoms with Crippen molar-refractivity contribution in [2.24, 2.45) is 0 Å². The van der Waals surface area contributed by atoms with Crippen molar-refractivity contribution < 1.29 is 14.3 Å². The minimum Gasteiger partial charge on any atom is -0.492 e. The third kappa shape index (κ3) is 6.45. The first-order chi connectivity index (χ1) is 14.9. The van der Waals surface area contributed by atoms with Crippen molar-refractivity contribution in [3.8, 4) is 5.75 Å². The van der Waals surface area contributed by atoms with Gasteiger partial charge in [-0.1, -0.05) is 18.2 Å². The van der Waals surface area contributed by atoms with Crippen LogP contribution >= 0.6 is 11.8 Å². The van der Waals surface area contributed by atoms with Crippen LogP contribution in [-0.4, -0.2) is 46.5 Å². The Bertz CT molecular complexity index is 1100. The van der Waals surface area contributed by atoms with Gasteiger partial charge in [0.15, 0.2) is 0 Å². The van der Waals surface area contributed by atoms with Gasteiger partial charge in [0, 0.05) is 30.7 Å². The van der Waals surface area contributed by atoms with Gasteiger partial charge in [0.2, 0.25) is 0 Å². The zero-order chi connectivity index (χ0) is 22.2. The van der Waals surface area contributed by atoms with E-state index in [4.69, 9.17) is 4.74 Å². The Morgan fingerprint density at radius 1 is 1.03 bits per heavy atom. The van der Waals surface area contributed by atoms with E-state index in [0.717, 1.165) is 16.7 Å². The Balaban J connectivity index is 1.60. The lowest BCUT2D eigenvalue weighted by Crippen LogP contribution is -2.28. The van der Waals surface area contributed by atoms with E-state index in [1.54, 1.807) is 38.4 Å². The first-order valence-corrected chi connectivity index (χ1v) is 10.3. The predicted molar refractivity (Wildman–Crippen MR) is 120 cm³/mol. The van der Waals surface area contributed by atoms with Crippen LogP contribution in [0.3, 0.4) is 0 Å². The summed E-state index contributed by atoms with van der Waals surface area (Å²) in [6.07, 6.45) is 0. The maximum absolute atomic E-state index is 12.5. The summed E-state index contributed by atoms with van der Waals surface area (Å²) in [5.41, 5.74) is 0.347. The Hall–Kier alpha value is -3.59. The summed E-state index contributed by atoms with van der Waals surface area (Å²) in [7, 11) is 3.37. The highest BCUT2D eigenvalue weighted by Gasteiger charge is 2.11. The third-order valence-corrected chi connectivity index (χ3v) is 5.14. The quantitative estimate of drug-likeness (QED) is 0.569. The number of rotatable bonds is 7. The molecule has 9 heteroatoms. The van der Waals surface area contributed by atoms with Gasteiger partial charge >= 0.3 is 0 Å². The van der Waals surface area contributed by atoms with Crippen LogP contribution in [0.2, 0.25) is 0 Å². The number of amides is 2. The van der Waals surface area contributed by atoms with Crippen LogP contribution in [0.25, 0.3) is 0 Å². The Morgan fingerprint density at radius 2 is 1.74 bits per heavy atom. The lowest BCUT2D eigenvalue weighted by Gasteiger charge is -2.10. The van der Waals surface area contributed by atoms with Crippen LogP contribution < -0.4 is 15.6 Å². The average Bonchev–Trinajstić information content (AvgIpc) is 2.77. The summed E-state index contributed by atoms with van der Waals surface area (Å²) in [5, 5.41) is 6.79. The fourth-order valence-electron chi connectivity index (χ4n) is 2.49. The number of carbonyl (C=O) groups excluding carboxylic acids is 2. The number of nitrogens with zero attached hydrogens (tertiary/aromatic N) is 3. The van der Waals surface area contributed by atoms with Crippen LogP contribution in [-0.2, 0) is 6.54 Å². The first-order valence-electron chi connectivity index (χ1n) is 9.49. The van der Waals surface area contributed by atoms with E-state index in [1.807, 2.05) is 30.3 Å². The summed E-state index contributed by atoms with van der Waals surface area (Å²) in [5.74, 6) is 0.251. The highest BCUT2D eigenvalue weighted by Crippen LogP contribution is 2.22. The molecule has 0 fully saturated rings. The van der Waals surface area contributed by atoms with Crippen molar-refractivity contribution in [3.05, 3.63) is 82.8 Å². The molecule has 31 heavy (non-hydrogen) atoms. The summed E-state index contributed by atoms with van der Waals surface area (Å²) in [4.78, 5) is 38.6. The SMILES string of the molecule is CN(C)C(=O)Sc1ccc(NC(=O)c2ccc(=O)n(CCOc3ccccc3)n2)cc1. The lowest BCUT2D eigenvalue weighted by atomic mass is 10.3. The number of ether oxygens (including phenoxy) is 1. The zero-order valence-electron chi connectivity index (χ0n) is 17.1. The minimum absolute atomic E-state index is 0.0838. The maximum Gasteiger partial charge on any atom is 0.285 e. The molecule has 3 aromatic rings. The summed E-state index contributed by atoms with van der Waals surface area (Å²) < 4.78 is 6.78. The van der Waals surface area contributed by atoms with Crippen LogP contribution in [0, 0.1) is 0 Å². The molecule has 0 aliphatic heterocycles. The van der Waals surface area contributed by atoms with E-state index in [0.29, 0.717) is 11.4 Å². The molecular weight excluding hydrogens is 416 g/mol. The molecule has 160 valence electrons. The molecule has 0 spiro atoms. The predicted octanol–water partition coefficient (Wildman–Crippen LogP) is 3.35. The third-order valence-electron chi connectivity index (χ3n) is 4.10. The molecule has 0 saturated carbocycles. The molecule has 8 nitrogen and oxygen atoms in total. The average molecular weight is 439 g/mol. The fourth-order valence-corrected chi connectivity index (χ4v) is 3.15. The van der Waals surface area contributed by atoms with Crippen molar-refractivity contribution >= 4 is 28.6 Å². The number of aromatic nitrogens is 2. The van der Waals surface area contributed by atoms with Gasteiger partial charge in [0.05, 0.1) is 6.54 Å². The molecule has 2 amide bonds. The number of anilines is 1. The molecule has 0 atom stereocenters. The van der Waals surface area contributed by atoms with E-state index in [1.165, 1.54) is 21.7 Å². The second-order valence-electron chi connectivity index (χ2n) is 6.68. The van der Waals surface area contributed by atoms with E-state index in [2.05, 4.69) is 10.4 Å². The van der Waals surface area contributed by atoms with Gasteiger partial charge in [-0.3, -0.25) is 14.4 Å². The highest BCUT2D eigenvalue weighted by molar-refractivity contribution is 8.13. The summed E-state index contributed by atoms with van der Waals surface area (Å²) in [6.45, 7) is 0.452. The topological polar surface area (TPSA) is 93.5 Å². The normalized spacial score (nSPS) is 10.4. The zero-order valence-corrected chi connectivity index (χ0v) is 18.0. The van der Waals surface area contributed by atoms with Crippen molar-refractivity contribution in [2.75, 3.05) is 26.0 Å². The second kappa shape index (κ2) is 10.4. The molecule has 3 rings (SSSR count). The molecular formula is C22H22N4O4S. The van der Waals surface area contributed by atoms with Gasteiger partial charge in [0.25, 0.3) is 16.7 Å². The fraction of sp³-hybridized carbons (Fsp3) is 0.182. The molecule has 1 heterocycles. The van der Waals surface area contributed by atoms with Crippen LogP contribution in [0.4, 0.5) is 10.5 Å². The molecule has 1 aromatic heterocycles. The number of nitrogens with one attached hydrogen (secondary N) is 1. The lowest BCUT2D eigenvalue weighted by molar-refractivity contribution is 0.101. The molecule has 0 bridgehead atoms. The van der Waals surface area contributed by atoms with Gasteiger partial charge in [-0.05, 0) is 54.2 Å². The van der Waals surface area contributed by atoms with Crippen LogP contribution in [0.5, 0.6) is 5.75 Å².